The Morgan fingerprint density at radius 3 is 2.42 bits per heavy atom. The number of fused-ring (bicyclic) bond motifs is 1. The molecule has 0 aliphatic rings. The molecule has 0 aliphatic carbocycles. The molecule has 2 N–H and O–H groups in total. The molecule has 5 heteroatoms. The molecule has 0 fully saturated rings. The number of thiophene rings is 1. The Hall–Kier alpha value is -2.76. The minimum Gasteiger partial charge on any atom is -0.327 e. The summed E-state index contributed by atoms with van der Waals surface area (Å²) in [6, 6.07) is 22.4. The van der Waals surface area contributed by atoms with E-state index in [4.69, 9.17) is 4.98 Å². The monoisotopic (exact) mass is 362 g/mol. The van der Waals surface area contributed by atoms with E-state index in [9.17, 15) is 4.79 Å². The van der Waals surface area contributed by atoms with Crippen LogP contribution in [0.1, 0.15) is 11.4 Å². The lowest BCUT2D eigenvalue weighted by Crippen LogP contribution is -3.06. The van der Waals surface area contributed by atoms with E-state index < -0.39 is 0 Å². The van der Waals surface area contributed by atoms with Crippen LogP contribution in [0.2, 0.25) is 0 Å². The second-order valence-electron chi connectivity index (χ2n) is 6.50. The molecular formula is C21H20N3OS+. The smallest absolute Gasteiger partial charge is 0.259 e. The fourth-order valence-electron chi connectivity index (χ4n) is 3.10. The molecule has 26 heavy (non-hydrogen) atoms. The number of hydrogen-bond acceptors (Lipinski definition) is 3. The number of H-pyrrole nitrogens is 1. The van der Waals surface area contributed by atoms with Gasteiger partial charge in [0, 0.05) is 10.4 Å². The summed E-state index contributed by atoms with van der Waals surface area (Å²) in [5, 5.41) is 0.665. The highest BCUT2D eigenvalue weighted by Gasteiger charge is 2.13. The Balaban J connectivity index is 1.59. The Labute approximate surface area is 155 Å². The summed E-state index contributed by atoms with van der Waals surface area (Å²) < 4.78 is 0. The van der Waals surface area contributed by atoms with Crippen molar-refractivity contribution in [3.8, 4) is 10.4 Å². The van der Waals surface area contributed by atoms with Crippen LogP contribution in [0.15, 0.2) is 71.5 Å². The van der Waals surface area contributed by atoms with Crippen molar-refractivity contribution >= 4 is 21.6 Å². The van der Waals surface area contributed by atoms with E-state index in [1.165, 1.54) is 10.5 Å². The van der Waals surface area contributed by atoms with E-state index in [1.807, 2.05) is 42.5 Å². The van der Waals surface area contributed by atoms with Gasteiger partial charge < -0.3 is 9.88 Å². The average Bonchev–Trinajstić information content (AvgIpc) is 3.08. The highest BCUT2D eigenvalue weighted by Crippen LogP contribution is 2.30. The van der Waals surface area contributed by atoms with Crippen LogP contribution in [0.3, 0.4) is 0 Å². The molecule has 0 saturated carbocycles. The van der Waals surface area contributed by atoms with Gasteiger partial charge in [0.2, 0.25) is 0 Å². The Bertz CT molecular complexity index is 1070. The Morgan fingerprint density at radius 1 is 1.00 bits per heavy atom. The third kappa shape index (κ3) is 3.59. The molecule has 2 heterocycles. The van der Waals surface area contributed by atoms with Gasteiger partial charge in [0.15, 0.2) is 5.82 Å². The summed E-state index contributed by atoms with van der Waals surface area (Å²) >= 11 is 1.57. The van der Waals surface area contributed by atoms with Crippen molar-refractivity contribution in [2.24, 2.45) is 0 Å². The van der Waals surface area contributed by atoms with Crippen LogP contribution in [-0.2, 0) is 13.1 Å². The SMILES string of the molecule is C[NH+](Cc1ccccc1)Cc1nc2sc(-c3ccccc3)cc2c(=O)[nH]1. The third-order valence-electron chi connectivity index (χ3n) is 4.33. The zero-order chi connectivity index (χ0) is 17.9. The van der Waals surface area contributed by atoms with Gasteiger partial charge in [-0.2, -0.15) is 0 Å². The fraction of sp³-hybridized carbons (Fsp3) is 0.143. The fourth-order valence-corrected chi connectivity index (χ4v) is 4.15. The molecule has 4 aromatic rings. The van der Waals surface area contributed by atoms with E-state index in [2.05, 4.69) is 36.3 Å². The van der Waals surface area contributed by atoms with Gasteiger partial charge in [-0.1, -0.05) is 60.7 Å². The molecule has 0 bridgehead atoms. The predicted molar refractivity (Wildman–Crippen MR) is 106 cm³/mol. The summed E-state index contributed by atoms with van der Waals surface area (Å²) in [4.78, 5) is 23.3. The quantitative estimate of drug-likeness (QED) is 0.574. The number of aromatic amines is 1. The summed E-state index contributed by atoms with van der Waals surface area (Å²) in [6.45, 7) is 1.57. The van der Waals surface area contributed by atoms with E-state index in [1.54, 1.807) is 11.3 Å². The molecule has 2 aromatic carbocycles. The molecule has 0 amide bonds. The number of nitrogens with zero attached hydrogens (tertiary/aromatic N) is 1. The summed E-state index contributed by atoms with van der Waals surface area (Å²) in [6.07, 6.45) is 0. The van der Waals surface area contributed by atoms with Gasteiger partial charge >= 0.3 is 0 Å². The number of benzene rings is 2. The number of nitrogens with one attached hydrogen (secondary N) is 2. The van der Waals surface area contributed by atoms with Crippen molar-refractivity contribution in [1.82, 2.24) is 9.97 Å². The number of quaternary nitrogens is 1. The lowest BCUT2D eigenvalue weighted by Gasteiger charge is -2.13. The highest BCUT2D eigenvalue weighted by atomic mass is 32.1. The number of rotatable bonds is 5. The molecule has 130 valence electrons. The standard InChI is InChI=1S/C21H19N3OS/c1-24(13-15-8-4-2-5-9-15)14-19-22-20(25)17-12-18(26-21(17)23-19)16-10-6-3-7-11-16/h2-12H,13-14H2,1H3,(H,22,23,25)/p+1. The van der Waals surface area contributed by atoms with Crippen molar-refractivity contribution < 1.29 is 4.90 Å². The maximum Gasteiger partial charge on any atom is 0.259 e. The molecule has 4 rings (SSSR count). The molecule has 0 aliphatic heterocycles. The van der Waals surface area contributed by atoms with Crippen molar-refractivity contribution in [1.29, 1.82) is 0 Å². The summed E-state index contributed by atoms with van der Waals surface area (Å²) in [7, 11) is 2.11. The van der Waals surface area contributed by atoms with Crippen molar-refractivity contribution in [2.75, 3.05) is 7.05 Å². The van der Waals surface area contributed by atoms with Gasteiger partial charge in [-0.3, -0.25) is 4.79 Å². The van der Waals surface area contributed by atoms with Gasteiger partial charge in [0.25, 0.3) is 5.56 Å². The number of hydrogen-bond donors (Lipinski definition) is 2. The first-order valence-electron chi connectivity index (χ1n) is 8.62. The predicted octanol–water partition coefficient (Wildman–Crippen LogP) is 2.87. The average molecular weight is 362 g/mol. The molecular weight excluding hydrogens is 342 g/mol. The zero-order valence-corrected chi connectivity index (χ0v) is 15.3. The Kier molecular flexibility index (Phi) is 4.65. The molecule has 0 radical (unpaired) electrons. The lowest BCUT2D eigenvalue weighted by molar-refractivity contribution is -0.908. The van der Waals surface area contributed by atoms with Gasteiger partial charge in [0.05, 0.1) is 12.4 Å². The molecule has 2 aromatic heterocycles. The van der Waals surface area contributed by atoms with Crippen molar-refractivity contribution in [3.05, 3.63) is 88.5 Å². The van der Waals surface area contributed by atoms with Crippen LogP contribution in [-0.4, -0.2) is 17.0 Å². The second kappa shape index (κ2) is 7.23. The highest BCUT2D eigenvalue weighted by molar-refractivity contribution is 7.21. The van der Waals surface area contributed by atoms with Gasteiger partial charge in [0.1, 0.15) is 17.9 Å². The maximum absolute atomic E-state index is 12.5. The third-order valence-corrected chi connectivity index (χ3v) is 5.41. The first kappa shape index (κ1) is 16.7. The largest absolute Gasteiger partial charge is 0.327 e. The van der Waals surface area contributed by atoms with Crippen LogP contribution in [0.4, 0.5) is 0 Å². The van der Waals surface area contributed by atoms with E-state index in [0.29, 0.717) is 11.9 Å². The second-order valence-corrected chi connectivity index (χ2v) is 7.54. The van der Waals surface area contributed by atoms with Crippen LogP contribution < -0.4 is 10.5 Å². The minimum atomic E-state index is -0.0593. The lowest BCUT2D eigenvalue weighted by atomic mass is 10.2. The van der Waals surface area contributed by atoms with E-state index in [-0.39, 0.29) is 5.56 Å². The zero-order valence-electron chi connectivity index (χ0n) is 14.5. The van der Waals surface area contributed by atoms with E-state index in [0.717, 1.165) is 27.6 Å². The van der Waals surface area contributed by atoms with Crippen LogP contribution in [0, 0.1) is 0 Å². The van der Waals surface area contributed by atoms with Crippen LogP contribution in [0.25, 0.3) is 20.7 Å². The Morgan fingerprint density at radius 2 is 1.69 bits per heavy atom. The maximum atomic E-state index is 12.5. The topological polar surface area (TPSA) is 50.2 Å². The molecule has 1 atom stereocenters. The van der Waals surface area contributed by atoms with Crippen LogP contribution >= 0.6 is 11.3 Å². The molecule has 4 nitrogen and oxygen atoms in total. The normalized spacial score (nSPS) is 12.3. The molecule has 0 saturated heterocycles. The number of aromatic nitrogens is 2. The van der Waals surface area contributed by atoms with Gasteiger partial charge in [-0.25, -0.2) is 4.98 Å². The molecule has 0 spiro atoms. The minimum absolute atomic E-state index is 0.0593. The van der Waals surface area contributed by atoms with Crippen molar-refractivity contribution in [2.45, 2.75) is 13.1 Å². The van der Waals surface area contributed by atoms with Crippen molar-refractivity contribution in [3.63, 3.8) is 0 Å². The van der Waals surface area contributed by atoms with Crippen LogP contribution in [0.5, 0.6) is 0 Å². The van der Waals surface area contributed by atoms with E-state index >= 15 is 0 Å². The summed E-state index contributed by atoms with van der Waals surface area (Å²) in [5.74, 6) is 0.734. The first-order valence-corrected chi connectivity index (χ1v) is 9.44. The first-order chi connectivity index (χ1) is 12.7. The molecule has 1 unspecified atom stereocenters. The van der Waals surface area contributed by atoms with Gasteiger partial charge in [-0.15, -0.1) is 11.3 Å². The van der Waals surface area contributed by atoms with Gasteiger partial charge in [-0.05, 0) is 11.6 Å². The summed E-state index contributed by atoms with van der Waals surface area (Å²) in [5.41, 5.74) is 2.33.